The molecular weight excluding hydrogens is 290 g/mol. The number of carbonyl (C=O) groups is 1. The lowest BCUT2D eigenvalue weighted by atomic mass is 9.94. The van der Waals surface area contributed by atoms with E-state index in [1.807, 2.05) is 0 Å². The van der Waals surface area contributed by atoms with Crippen LogP contribution in [0.2, 0.25) is 0 Å². The molecule has 0 spiro atoms. The summed E-state index contributed by atoms with van der Waals surface area (Å²) in [5.41, 5.74) is 7.27. The Bertz CT molecular complexity index is 715. The van der Waals surface area contributed by atoms with Gasteiger partial charge in [0.2, 0.25) is 5.91 Å². The van der Waals surface area contributed by atoms with Crippen LogP contribution in [0.3, 0.4) is 0 Å². The van der Waals surface area contributed by atoms with Crippen molar-refractivity contribution in [2.45, 2.75) is 64.3 Å². The molecule has 2 heterocycles. The molecule has 6 nitrogen and oxygen atoms in total. The van der Waals surface area contributed by atoms with Crippen LogP contribution in [0.4, 0.5) is 0 Å². The Kier molecular flexibility index (Phi) is 3.89. The van der Waals surface area contributed by atoms with Gasteiger partial charge in [-0.05, 0) is 56.1 Å². The van der Waals surface area contributed by atoms with Crippen molar-refractivity contribution >= 4 is 5.91 Å². The second-order valence-corrected chi connectivity index (χ2v) is 6.59. The van der Waals surface area contributed by atoms with Gasteiger partial charge in [0.15, 0.2) is 0 Å². The maximum atomic E-state index is 12.1. The highest BCUT2D eigenvalue weighted by Crippen LogP contribution is 2.23. The lowest BCUT2D eigenvalue weighted by molar-refractivity contribution is -0.121. The maximum absolute atomic E-state index is 12.1. The third kappa shape index (κ3) is 2.90. The molecule has 2 aromatic rings. The van der Waals surface area contributed by atoms with Gasteiger partial charge < -0.3 is 5.32 Å². The van der Waals surface area contributed by atoms with Gasteiger partial charge in [-0.2, -0.15) is 10.2 Å². The van der Waals surface area contributed by atoms with Crippen LogP contribution in [-0.4, -0.2) is 26.3 Å². The summed E-state index contributed by atoms with van der Waals surface area (Å²) in [7, 11) is 0. The van der Waals surface area contributed by atoms with Crippen LogP contribution in [-0.2, 0) is 43.4 Å². The summed E-state index contributed by atoms with van der Waals surface area (Å²) in [5, 5.41) is 17.9. The van der Waals surface area contributed by atoms with E-state index in [9.17, 15) is 4.79 Å². The first-order chi connectivity index (χ1) is 11.3. The van der Waals surface area contributed by atoms with Crippen molar-refractivity contribution in [1.82, 2.24) is 25.7 Å². The van der Waals surface area contributed by atoms with Gasteiger partial charge in [-0.3, -0.25) is 15.0 Å². The molecule has 2 aliphatic rings. The zero-order valence-electron chi connectivity index (χ0n) is 13.4. The van der Waals surface area contributed by atoms with Crippen LogP contribution in [0.25, 0.3) is 0 Å². The van der Waals surface area contributed by atoms with Crippen molar-refractivity contribution < 1.29 is 4.79 Å². The van der Waals surface area contributed by atoms with Crippen LogP contribution < -0.4 is 5.32 Å². The van der Waals surface area contributed by atoms with Gasteiger partial charge in [0.05, 0.1) is 17.9 Å². The summed E-state index contributed by atoms with van der Waals surface area (Å²) in [6.07, 6.45) is 9.23. The average molecular weight is 313 g/mol. The average Bonchev–Trinajstić information content (AvgIpc) is 3.27. The zero-order valence-corrected chi connectivity index (χ0v) is 13.4. The fourth-order valence-corrected chi connectivity index (χ4v) is 3.79. The Labute approximate surface area is 135 Å². The van der Waals surface area contributed by atoms with Crippen LogP contribution in [0.5, 0.6) is 0 Å². The minimum Gasteiger partial charge on any atom is -0.350 e. The van der Waals surface area contributed by atoms with E-state index in [4.69, 9.17) is 0 Å². The van der Waals surface area contributed by atoms with Crippen molar-refractivity contribution in [1.29, 1.82) is 0 Å². The Hall–Kier alpha value is -2.11. The number of fused-ring (bicyclic) bond motifs is 2. The number of aromatic nitrogens is 4. The van der Waals surface area contributed by atoms with Gasteiger partial charge in [-0.15, -0.1) is 0 Å². The van der Waals surface area contributed by atoms with Gasteiger partial charge in [-0.1, -0.05) is 0 Å². The van der Waals surface area contributed by atoms with Crippen LogP contribution in [0.15, 0.2) is 0 Å². The summed E-state index contributed by atoms with van der Waals surface area (Å²) in [5.74, 6) is 0.0762. The largest absolute Gasteiger partial charge is 0.350 e. The number of hydrogen-bond acceptors (Lipinski definition) is 3. The maximum Gasteiger partial charge on any atom is 0.220 e. The van der Waals surface area contributed by atoms with E-state index in [0.717, 1.165) is 43.5 Å². The molecule has 0 aromatic carbocycles. The first kappa shape index (κ1) is 14.5. The molecule has 0 saturated carbocycles. The van der Waals surface area contributed by atoms with E-state index >= 15 is 0 Å². The molecule has 3 N–H and O–H groups in total. The first-order valence-corrected chi connectivity index (χ1v) is 8.68. The molecule has 0 unspecified atom stereocenters. The summed E-state index contributed by atoms with van der Waals surface area (Å²) in [6.45, 7) is 0.531. The highest BCUT2D eigenvalue weighted by atomic mass is 16.1. The predicted molar refractivity (Wildman–Crippen MR) is 86.0 cm³/mol. The lowest BCUT2D eigenvalue weighted by Crippen LogP contribution is -2.24. The molecule has 0 bridgehead atoms. The van der Waals surface area contributed by atoms with Gasteiger partial charge in [0.25, 0.3) is 0 Å². The van der Waals surface area contributed by atoms with Gasteiger partial charge in [-0.25, -0.2) is 0 Å². The summed E-state index contributed by atoms with van der Waals surface area (Å²) < 4.78 is 0. The lowest BCUT2D eigenvalue weighted by Gasteiger charge is -2.11. The van der Waals surface area contributed by atoms with Crippen molar-refractivity contribution in [3.8, 4) is 0 Å². The molecule has 2 aliphatic carbocycles. The van der Waals surface area contributed by atoms with E-state index in [1.165, 1.54) is 41.8 Å². The number of aryl methyl sites for hydroxylation is 3. The number of nitrogens with zero attached hydrogens (tertiary/aromatic N) is 2. The number of aromatic amines is 2. The van der Waals surface area contributed by atoms with E-state index in [1.54, 1.807) is 0 Å². The normalized spacial score (nSPS) is 16.2. The van der Waals surface area contributed by atoms with Crippen molar-refractivity contribution in [3.05, 3.63) is 33.9 Å². The molecule has 4 rings (SSSR count). The van der Waals surface area contributed by atoms with Crippen molar-refractivity contribution in [2.75, 3.05) is 0 Å². The van der Waals surface area contributed by atoms with E-state index < -0.39 is 0 Å². The second-order valence-electron chi connectivity index (χ2n) is 6.59. The standard InChI is InChI=1S/C17H23N5O/c23-17(18-10-16-12-5-3-7-14(12)20-22-16)9-8-15-11-4-1-2-6-13(11)19-21-15/h1-10H2,(H,18,23)(H,19,21)(H,20,22). The molecule has 1 amide bonds. The molecule has 23 heavy (non-hydrogen) atoms. The van der Waals surface area contributed by atoms with Crippen molar-refractivity contribution in [2.24, 2.45) is 0 Å². The molecule has 122 valence electrons. The molecule has 6 heteroatoms. The minimum absolute atomic E-state index is 0.0762. The molecule has 2 aromatic heterocycles. The molecule has 0 saturated heterocycles. The SMILES string of the molecule is O=C(CCc1n[nH]c2c1CCCC2)NCc1n[nH]c2c1CCC2. The van der Waals surface area contributed by atoms with Gasteiger partial charge >= 0.3 is 0 Å². The quantitative estimate of drug-likeness (QED) is 0.786. The number of rotatable bonds is 5. The molecule has 0 aliphatic heterocycles. The van der Waals surface area contributed by atoms with Gasteiger partial charge in [0.1, 0.15) is 0 Å². The molecule has 0 radical (unpaired) electrons. The smallest absolute Gasteiger partial charge is 0.220 e. The third-order valence-corrected chi connectivity index (χ3v) is 5.08. The Balaban J connectivity index is 1.29. The number of H-pyrrole nitrogens is 2. The van der Waals surface area contributed by atoms with Gasteiger partial charge in [0, 0.05) is 24.2 Å². The Morgan fingerprint density at radius 2 is 1.57 bits per heavy atom. The van der Waals surface area contributed by atoms with Crippen molar-refractivity contribution in [3.63, 3.8) is 0 Å². The number of nitrogens with one attached hydrogen (secondary N) is 3. The first-order valence-electron chi connectivity index (χ1n) is 8.68. The van der Waals surface area contributed by atoms with Crippen LogP contribution in [0, 0.1) is 0 Å². The zero-order chi connectivity index (χ0) is 15.6. The third-order valence-electron chi connectivity index (χ3n) is 5.08. The number of carbonyl (C=O) groups excluding carboxylic acids is 1. The molecule has 0 atom stereocenters. The molecular formula is C17H23N5O. The topological polar surface area (TPSA) is 86.5 Å². The fourth-order valence-electron chi connectivity index (χ4n) is 3.79. The summed E-state index contributed by atoms with van der Waals surface area (Å²) in [6, 6.07) is 0. The Morgan fingerprint density at radius 1 is 0.913 bits per heavy atom. The van der Waals surface area contributed by atoms with E-state index in [2.05, 4.69) is 25.7 Å². The van der Waals surface area contributed by atoms with Crippen LogP contribution >= 0.6 is 0 Å². The monoisotopic (exact) mass is 313 g/mol. The highest BCUT2D eigenvalue weighted by molar-refractivity contribution is 5.76. The molecule has 0 fully saturated rings. The van der Waals surface area contributed by atoms with Crippen LogP contribution in [0.1, 0.15) is 59.6 Å². The number of amides is 1. The predicted octanol–water partition coefficient (Wildman–Crippen LogP) is 1.75. The fraction of sp³-hybridized carbons (Fsp3) is 0.588. The summed E-state index contributed by atoms with van der Waals surface area (Å²) >= 11 is 0. The second kappa shape index (κ2) is 6.18. The summed E-state index contributed by atoms with van der Waals surface area (Å²) in [4.78, 5) is 12.1. The van der Waals surface area contributed by atoms with E-state index in [-0.39, 0.29) is 5.91 Å². The minimum atomic E-state index is 0.0762. The number of hydrogen-bond donors (Lipinski definition) is 3. The van der Waals surface area contributed by atoms with E-state index in [0.29, 0.717) is 13.0 Å². The Morgan fingerprint density at radius 3 is 2.43 bits per heavy atom. The highest BCUT2D eigenvalue weighted by Gasteiger charge is 2.19.